The highest BCUT2D eigenvalue weighted by Gasteiger charge is 2.25. The second-order valence-corrected chi connectivity index (χ2v) is 11.7. The molecule has 1 aliphatic heterocycles. The first kappa shape index (κ1) is 25.5. The van der Waals surface area contributed by atoms with Crippen LogP contribution in [0.5, 0.6) is 0 Å². The number of fused-ring (bicyclic) bond motifs is 3. The van der Waals surface area contributed by atoms with Gasteiger partial charge in [0.1, 0.15) is 0 Å². The molecule has 39 heavy (non-hydrogen) atoms. The SMILES string of the molecule is CCCCCc1ccc2c3cc(-c4ccc(N5CCOCC5)cn4)ccc3n(S(=O)(=O)c3ccccc3)c2n1. The number of hydrogen-bond acceptors (Lipinski definition) is 6. The van der Waals surface area contributed by atoms with Crippen LogP contribution in [0.15, 0.2) is 83.9 Å². The van der Waals surface area contributed by atoms with E-state index in [0.29, 0.717) is 11.2 Å². The largest absolute Gasteiger partial charge is 0.378 e. The molecule has 0 spiro atoms. The van der Waals surface area contributed by atoms with Crippen LogP contribution in [0.25, 0.3) is 33.2 Å². The molecule has 0 saturated carbocycles. The van der Waals surface area contributed by atoms with E-state index in [0.717, 1.165) is 85.4 Å². The molecule has 1 saturated heterocycles. The molecule has 2 aromatic carbocycles. The van der Waals surface area contributed by atoms with Crippen molar-refractivity contribution in [1.82, 2.24) is 13.9 Å². The van der Waals surface area contributed by atoms with E-state index < -0.39 is 10.0 Å². The number of anilines is 1. The molecule has 1 fully saturated rings. The van der Waals surface area contributed by atoms with Crippen molar-refractivity contribution in [3.05, 3.63) is 84.7 Å². The summed E-state index contributed by atoms with van der Waals surface area (Å²) in [4.78, 5) is 12.2. The molecule has 0 aliphatic carbocycles. The summed E-state index contributed by atoms with van der Waals surface area (Å²) >= 11 is 0. The van der Waals surface area contributed by atoms with Crippen LogP contribution in [0, 0.1) is 0 Å². The smallest absolute Gasteiger partial charge is 0.269 e. The van der Waals surface area contributed by atoms with Crippen LogP contribution in [0.3, 0.4) is 0 Å². The van der Waals surface area contributed by atoms with E-state index in [9.17, 15) is 8.42 Å². The number of rotatable bonds is 8. The molecule has 7 nitrogen and oxygen atoms in total. The Hall–Kier alpha value is -3.75. The van der Waals surface area contributed by atoms with Gasteiger partial charge in [-0.05, 0) is 61.4 Å². The summed E-state index contributed by atoms with van der Waals surface area (Å²) in [7, 11) is -3.86. The van der Waals surface area contributed by atoms with Gasteiger partial charge in [-0.3, -0.25) is 4.98 Å². The van der Waals surface area contributed by atoms with Crippen molar-refractivity contribution in [2.45, 2.75) is 37.5 Å². The van der Waals surface area contributed by atoms with Crippen molar-refractivity contribution < 1.29 is 13.2 Å². The lowest BCUT2D eigenvalue weighted by atomic mass is 10.1. The first-order valence-corrected chi connectivity index (χ1v) is 15.0. The van der Waals surface area contributed by atoms with Gasteiger partial charge in [-0.15, -0.1) is 0 Å². The first-order chi connectivity index (χ1) is 19.1. The summed E-state index contributed by atoms with van der Waals surface area (Å²) in [5.74, 6) is 0. The summed E-state index contributed by atoms with van der Waals surface area (Å²) in [5.41, 5.74) is 4.83. The molecule has 200 valence electrons. The topological polar surface area (TPSA) is 77.3 Å². The van der Waals surface area contributed by atoms with E-state index in [2.05, 4.69) is 17.9 Å². The molecule has 6 rings (SSSR count). The van der Waals surface area contributed by atoms with Gasteiger partial charge in [0.05, 0.1) is 41.2 Å². The van der Waals surface area contributed by atoms with Crippen molar-refractivity contribution in [3.8, 4) is 11.3 Å². The van der Waals surface area contributed by atoms with Gasteiger partial charge in [-0.2, -0.15) is 0 Å². The summed E-state index contributed by atoms with van der Waals surface area (Å²) in [6, 6.07) is 22.6. The number of pyridine rings is 2. The zero-order chi connectivity index (χ0) is 26.8. The maximum atomic E-state index is 13.9. The summed E-state index contributed by atoms with van der Waals surface area (Å²) in [6.07, 6.45) is 5.98. The van der Waals surface area contributed by atoms with E-state index in [1.807, 2.05) is 48.7 Å². The van der Waals surface area contributed by atoms with Crippen molar-refractivity contribution in [2.24, 2.45) is 0 Å². The van der Waals surface area contributed by atoms with Gasteiger partial charge in [-0.1, -0.05) is 44.0 Å². The molecule has 8 heteroatoms. The van der Waals surface area contributed by atoms with Gasteiger partial charge in [-0.25, -0.2) is 17.4 Å². The molecule has 3 aromatic heterocycles. The number of morpholine rings is 1. The molecule has 0 bridgehead atoms. The monoisotopic (exact) mass is 540 g/mol. The van der Waals surface area contributed by atoms with Gasteiger partial charge >= 0.3 is 0 Å². The predicted molar refractivity (Wildman–Crippen MR) is 156 cm³/mol. The molecule has 0 unspecified atom stereocenters. The molecule has 1 aliphatic rings. The zero-order valence-corrected chi connectivity index (χ0v) is 22.9. The quantitative estimate of drug-likeness (QED) is 0.223. The summed E-state index contributed by atoms with van der Waals surface area (Å²) < 4.78 is 34.7. The number of aromatic nitrogens is 3. The van der Waals surface area contributed by atoms with Crippen LogP contribution in [0.2, 0.25) is 0 Å². The third kappa shape index (κ3) is 4.90. The molecule has 0 N–H and O–H groups in total. The fraction of sp³-hybridized carbons (Fsp3) is 0.290. The van der Waals surface area contributed by atoms with Crippen molar-refractivity contribution in [3.63, 3.8) is 0 Å². The molecule has 5 aromatic rings. The molecule has 0 atom stereocenters. The molecule has 4 heterocycles. The summed E-state index contributed by atoms with van der Waals surface area (Å²) in [5, 5.41) is 1.66. The minimum Gasteiger partial charge on any atom is -0.378 e. The fourth-order valence-corrected chi connectivity index (χ4v) is 6.75. The van der Waals surface area contributed by atoms with Gasteiger partial charge in [0.2, 0.25) is 0 Å². The highest BCUT2D eigenvalue weighted by molar-refractivity contribution is 7.90. The van der Waals surface area contributed by atoms with Crippen molar-refractivity contribution in [2.75, 3.05) is 31.2 Å². The van der Waals surface area contributed by atoms with Gasteiger partial charge < -0.3 is 9.64 Å². The second kappa shape index (κ2) is 10.8. The van der Waals surface area contributed by atoms with Crippen LogP contribution >= 0.6 is 0 Å². The minimum absolute atomic E-state index is 0.242. The molecular formula is C31H32N4O3S. The Kier molecular flexibility index (Phi) is 7.06. The molecule has 0 radical (unpaired) electrons. The Morgan fingerprint density at radius 3 is 2.46 bits per heavy atom. The Morgan fingerprint density at radius 1 is 0.897 bits per heavy atom. The average molecular weight is 541 g/mol. The Morgan fingerprint density at radius 2 is 1.72 bits per heavy atom. The van der Waals surface area contributed by atoms with Crippen LogP contribution in [-0.2, 0) is 21.2 Å². The second-order valence-electron chi connectivity index (χ2n) is 9.95. The van der Waals surface area contributed by atoms with E-state index in [-0.39, 0.29) is 4.90 Å². The molecular weight excluding hydrogens is 508 g/mol. The maximum absolute atomic E-state index is 13.9. The number of aryl methyl sites for hydroxylation is 1. The number of unbranched alkanes of at least 4 members (excludes halogenated alkanes) is 2. The van der Waals surface area contributed by atoms with E-state index in [4.69, 9.17) is 14.7 Å². The normalized spacial score (nSPS) is 14.3. The van der Waals surface area contributed by atoms with E-state index in [1.54, 1.807) is 24.3 Å². The van der Waals surface area contributed by atoms with E-state index >= 15 is 0 Å². The zero-order valence-electron chi connectivity index (χ0n) is 22.1. The predicted octanol–water partition coefficient (Wildman–Crippen LogP) is 6.06. The number of hydrogen-bond donors (Lipinski definition) is 0. The number of ether oxygens (including phenoxy) is 1. The minimum atomic E-state index is -3.86. The highest BCUT2D eigenvalue weighted by atomic mass is 32.2. The lowest BCUT2D eigenvalue weighted by Crippen LogP contribution is -2.36. The molecule has 0 amide bonds. The number of benzene rings is 2. The average Bonchev–Trinajstić information content (AvgIpc) is 3.32. The van der Waals surface area contributed by atoms with Gasteiger partial charge in [0, 0.05) is 35.1 Å². The Labute approximate surface area is 229 Å². The third-order valence-electron chi connectivity index (χ3n) is 7.37. The Bertz CT molecular complexity index is 1710. The van der Waals surface area contributed by atoms with Gasteiger partial charge in [0.25, 0.3) is 10.0 Å². The maximum Gasteiger partial charge on any atom is 0.269 e. The van der Waals surface area contributed by atoms with Crippen LogP contribution < -0.4 is 4.90 Å². The van der Waals surface area contributed by atoms with E-state index in [1.165, 1.54) is 3.97 Å². The lowest BCUT2D eigenvalue weighted by molar-refractivity contribution is 0.122. The van der Waals surface area contributed by atoms with Crippen molar-refractivity contribution in [1.29, 1.82) is 0 Å². The lowest BCUT2D eigenvalue weighted by Gasteiger charge is -2.28. The van der Waals surface area contributed by atoms with Crippen molar-refractivity contribution >= 4 is 37.6 Å². The van der Waals surface area contributed by atoms with Crippen LogP contribution in [0.4, 0.5) is 5.69 Å². The fourth-order valence-electron chi connectivity index (χ4n) is 5.26. The standard InChI is InChI=1S/C31H32N4O3S/c1-2-3-5-8-24-12-14-27-28-21-23(29-15-13-25(22-32-29)34-17-19-38-20-18-34)11-16-30(28)35(31(27)33-24)39(36,37)26-9-6-4-7-10-26/h4,6-7,9-16,21-22H,2-3,5,8,17-20H2,1H3. The Balaban J connectivity index is 1.47. The van der Waals surface area contributed by atoms with Gasteiger partial charge in [0.15, 0.2) is 5.65 Å². The third-order valence-corrected chi connectivity index (χ3v) is 9.09. The van der Waals surface area contributed by atoms with Crippen LogP contribution in [-0.4, -0.2) is 48.7 Å². The van der Waals surface area contributed by atoms with Crippen LogP contribution in [0.1, 0.15) is 31.9 Å². The highest BCUT2D eigenvalue weighted by Crippen LogP contribution is 2.35. The number of nitrogens with zero attached hydrogens (tertiary/aromatic N) is 4. The summed E-state index contributed by atoms with van der Waals surface area (Å²) in [6.45, 7) is 5.33. The first-order valence-electron chi connectivity index (χ1n) is 13.6.